The third kappa shape index (κ3) is 5.15. The van der Waals surface area contributed by atoms with E-state index in [1.54, 1.807) is 36.5 Å². The van der Waals surface area contributed by atoms with Crippen LogP contribution in [0.4, 0.5) is 5.13 Å². The van der Waals surface area contributed by atoms with Crippen molar-refractivity contribution in [3.05, 3.63) is 54.1 Å². The van der Waals surface area contributed by atoms with Crippen molar-refractivity contribution in [2.45, 2.75) is 42.6 Å². The molecule has 1 amide bonds. The number of carbonyl (C=O) groups is 1. The first-order valence-corrected chi connectivity index (χ1v) is 9.93. The number of thiazole rings is 1. The highest BCUT2D eigenvalue weighted by atomic mass is 32.2. The summed E-state index contributed by atoms with van der Waals surface area (Å²) in [6.45, 7) is 6.28. The molecule has 0 fully saturated rings. The minimum absolute atomic E-state index is 0.0489. The van der Waals surface area contributed by atoms with Crippen LogP contribution >= 0.6 is 23.1 Å². The Morgan fingerprint density at radius 2 is 2.00 bits per heavy atom. The Labute approximate surface area is 160 Å². The maximum atomic E-state index is 12.1. The maximum Gasteiger partial charge on any atom is 0.230 e. The molecule has 3 heterocycles. The Kier molecular flexibility index (Phi) is 5.73. The van der Waals surface area contributed by atoms with E-state index in [2.05, 4.69) is 41.0 Å². The van der Waals surface area contributed by atoms with E-state index in [0.29, 0.717) is 23.2 Å². The monoisotopic (exact) mass is 388 g/mol. The van der Waals surface area contributed by atoms with Gasteiger partial charge in [0.05, 0.1) is 28.8 Å². The molecule has 0 saturated heterocycles. The fourth-order valence-corrected chi connectivity index (χ4v) is 3.83. The van der Waals surface area contributed by atoms with E-state index in [4.69, 9.17) is 4.42 Å². The van der Waals surface area contributed by atoms with E-state index >= 15 is 0 Å². The van der Waals surface area contributed by atoms with Gasteiger partial charge in [0.15, 0.2) is 5.13 Å². The van der Waals surface area contributed by atoms with Crippen molar-refractivity contribution in [1.82, 2.24) is 15.0 Å². The molecule has 3 aromatic rings. The van der Waals surface area contributed by atoms with Gasteiger partial charge in [-0.15, -0.1) is 11.8 Å². The van der Waals surface area contributed by atoms with Crippen molar-refractivity contribution in [1.29, 1.82) is 0 Å². The van der Waals surface area contributed by atoms with E-state index in [-0.39, 0.29) is 11.3 Å². The van der Waals surface area contributed by atoms with Gasteiger partial charge in [-0.05, 0) is 17.7 Å². The number of thioether (sulfide) groups is 1. The fraction of sp³-hybridized carbons (Fsp3) is 0.333. The number of carbonyl (C=O) groups excluding carboxylic acids is 1. The summed E-state index contributed by atoms with van der Waals surface area (Å²) in [5.41, 5.74) is 0.870. The fourth-order valence-electron chi connectivity index (χ4n) is 2.09. The normalized spacial score (nSPS) is 11.5. The van der Waals surface area contributed by atoms with E-state index in [1.807, 2.05) is 12.1 Å². The molecule has 0 atom stereocenters. The summed E-state index contributed by atoms with van der Waals surface area (Å²) in [5, 5.41) is 3.42. The summed E-state index contributed by atoms with van der Waals surface area (Å²) in [4.78, 5) is 24.6. The summed E-state index contributed by atoms with van der Waals surface area (Å²) < 4.78 is 6.78. The molecule has 0 aromatic carbocycles. The largest absolute Gasteiger partial charge is 0.444 e. The van der Waals surface area contributed by atoms with Gasteiger partial charge in [-0.25, -0.2) is 9.97 Å². The molecule has 0 bridgehead atoms. The molecular weight excluding hydrogens is 368 g/mol. The Hall–Kier alpha value is -2.19. The zero-order chi connectivity index (χ0) is 18.6. The van der Waals surface area contributed by atoms with Gasteiger partial charge in [0.1, 0.15) is 5.76 Å². The second-order valence-corrected chi connectivity index (χ2v) is 9.03. The molecule has 6 nitrogen and oxygen atoms in total. The van der Waals surface area contributed by atoms with E-state index in [0.717, 1.165) is 15.5 Å². The predicted octanol–water partition coefficient (Wildman–Crippen LogP) is 4.30. The number of aromatic nitrogens is 3. The zero-order valence-corrected chi connectivity index (χ0v) is 16.5. The number of nitrogens with one attached hydrogen (secondary N) is 1. The second-order valence-electron chi connectivity index (χ2n) is 6.72. The van der Waals surface area contributed by atoms with Crippen LogP contribution in [0.2, 0.25) is 0 Å². The lowest BCUT2D eigenvalue weighted by Gasteiger charge is -2.12. The lowest BCUT2D eigenvalue weighted by Crippen LogP contribution is -2.14. The summed E-state index contributed by atoms with van der Waals surface area (Å²) in [6, 6.07) is 3.65. The number of amides is 1. The summed E-state index contributed by atoms with van der Waals surface area (Å²) >= 11 is 3.03. The maximum absolute atomic E-state index is 12.1. The Balaban J connectivity index is 1.51. The third-order valence-corrected chi connectivity index (χ3v) is 5.57. The number of oxazole rings is 1. The van der Waals surface area contributed by atoms with Crippen molar-refractivity contribution in [2.24, 2.45) is 0 Å². The number of hydrogen-bond donors (Lipinski definition) is 1. The van der Waals surface area contributed by atoms with Crippen LogP contribution in [-0.4, -0.2) is 20.9 Å². The zero-order valence-electron chi connectivity index (χ0n) is 14.9. The molecule has 136 valence electrons. The van der Waals surface area contributed by atoms with Crippen LogP contribution in [-0.2, 0) is 22.4 Å². The number of anilines is 1. The average molecular weight is 389 g/mol. The molecule has 0 saturated carbocycles. The molecule has 0 aliphatic heterocycles. The van der Waals surface area contributed by atoms with Gasteiger partial charge in [0.25, 0.3) is 0 Å². The summed E-state index contributed by atoms with van der Waals surface area (Å²) in [5.74, 6) is 2.10. The van der Waals surface area contributed by atoms with Crippen LogP contribution in [0.1, 0.15) is 38.0 Å². The lowest BCUT2D eigenvalue weighted by atomic mass is 9.94. The van der Waals surface area contributed by atoms with Gasteiger partial charge >= 0.3 is 0 Å². The molecule has 26 heavy (non-hydrogen) atoms. The lowest BCUT2D eigenvalue weighted by molar-refractivity contribution is -0.115. The van der Waals surface area contributed by atoms with Crippen LogP contribution in [0.5, 0.6) is 0 Å². The summed E-state index contributed by atoms with van der Waals surface area (Å²) in [7, 11) is 0. The molecule has 1 N–H and O–H groups in total. The van der Waals surface area contributed by atoms with Crippen LogP contribution in [0.25, 0.3) is 0 Å². The molecule has 3 rings (SSSR count). The van der Waals surface area contributed by atoms with Crippen LogP contribution < -0.4 is 5.32 Å². The van der Waals surface area contributed by atoms with Gasteiger partial charge in [-0.2, -0.15) is 0 Å². The van der Waals surface area contributed by atoms with Crippen molar-refractivity contribution in [3.8, 4) is 0 Å². The van der Waals surface area contributed by atoms with E-state index < -0.39 is 0 Å². The minimum atomic E-state index is -0.0929. The molecule has 8 heteroatoms. The van der Waals surface area contributed by atoms with Gasteiger partial charge in [-0.1, -0.05) is 32.1 Å². The Morgan fingerprint density at radius 1 is 1.23 bits per heavy atom. The predicted molar refractivity (Wildman–Crippen MR) is 103 cm³/mol. The number of nitrogens with zero attached hydrogens (tertiary/aromatic N) is 3. The molecule has 0 spiro atoms. The van der Waals surface area contributed by atoms with Crippen molar-refractivity contribution in [2.75, 3.05) is 5.32 Å². The first-order valence-electron chi connectivity index (χ1n) is 8.13. The highest BCUT2D eigenvalue weighted by Crippen LogP contribution is 2.31. The number of pyridine rings is 1. The van der Waals surface area contributed by atoms with E-state index in [1.165, 1.54) is 11.3 Å². The molecule has 0 aliphatic carbocycles. The Morgan fingerprint density at radius 3 is 2.69 bits per heavy atom. The van der Waals surface area contributed by atoms with Gasteiger partial charge in [-0.3, -0.25) is 9.78 Å². The van der Waals surface area contributed by atoms with Crippen molar-refractivity contribution in [3.63, 3.8) is 0 Å². The van der Waals surface area contributed by atoms with Crippen LogP contribution in [0.3, 0.4) is 0 Å². The van der Waals surface area contributed by atoms with Crippen LogP contribution in [0, 0.1) is 0 Å². The molecule has 3 aromatic heterocycles. The summed E-state index contributed by atoms with van der Waals surface area (Å²) in [6.07, 6.45) is 7.19. The second kappa shape index (κ2) is 8.01. The molecule has 0 unspecified atom stereocenters. The smallest absolute Gasteiger partial charge is 0.230 e. The molecular formula is C18H20N4O2S2. The number of rotatable bonds is 6. The Bertz CT molecular complexity index is 869. The first kappa shape index (κ1) is 18.6. The van der Waals surface area contributed by atoms with Crippen molar-refractivity contribution < 1.29 is 9.21 Å². The van der Waals surface area contributed by atoms with Crippen LogP contribution in [0.15, 0.2) is 45.5 Å². The van der Waals surface area contributed by atoms with Gasteiger partial charge < -0.3 is 9.73 Å². The topological polar surface area (TPSA) is 80.9 Å². The molecule has 0 radical (unpaired) electrons. The average Bonchev–Trinajstić information content (AvgIpc) is 3.22. The quantitative estimate of drug-likeness (QED) is 0.634. The standard InChI is InChI=1S/C18H20N4O2S2/c1-18(2,3)13-9-20-15(24-13)11-25-16-10-21-17(26-16)22-14(23)8-12-4-6-19-7-5-12/h4-7,9-10H,8,11H2,1-3H3,(H,21,22,23). The highest BCUT2D eigenvalue weighted by Gasteiger charge is 2.19. The van der Waals surface area contributed by atoms with Gasteiger partial charge in [0, 0.05) is 17.8 Å². The van der Waals surface area contributed by atoms with E-state index in [9.17, 15) is 4.79 Å². The first-order chi connectivity index (χ1) is 12.4. The third-order valence-electron chi connectivity index (χ3n) is 3.48. The van der Waals surface area contributed by atoms with Crippen molar-refractivity contribution >= 4 is 34.1 Å². The SMILES string of the molecule is CC(C)(C)c1cnc(CSc2cnc(NC(=O)Cc3ccncc3)s2)o1. The minimum Gasteiger partial charge on any atom is -0.444 e. The highest BCUT2D eigenvalue weighted by molar-refractivity contribution is 8.00. The van der Waals surface area contributed by atoms with Gasteiger partial charge in [0.2, 0.25) is 11.8 Å². The number of hydrogen-bond acceptors (Lipinski definition) is 7. The molecule has 0 aliphatic rings.